The van der Waals surface area contributed by atoms with E-state index in [2.05, 4.69) is 15.2 Å². The van der Waals surface area contributed by atoms with Crippen LogP contribution >= 0.6 is 0 Å². The number of carboxylic acid groups (broad SMARTS) is 1. The second-order valence-electron chi connectivity index (χ2n) is 9.87. The predicted molar refractivity (Wildman–Crippen MR) is 118 cm³/mol. The fourth-order valence-corrected chi connectivity index (χ4v) is 6.03. The van der Waals surface area contributed by atoms with Gasteiger partial charge < -0.3 is 19.8 Å². The zero-order valence-electron chi connectivity index (χ0n) is 19.1. The first-order valence-corrected chi connectivity index (χ1v) is 11.5. The third-order valence-corrected chi connectivity index (χ3v) is 7.25. The minimum absolute atomic E-state index is 0.0449. The Labute approximate surface area is 188 Å². The van der Waals surface area contributed by atoms with Gasteiger partial charge in [-0.15, -0.1) is 0 Å². The van der Waals surface area contributed by atoms with Gasteiger partial charge in [-0.05, 0) is 64.5 Å². The van der Waals surface area contributed by atoms with Crippen LogP contribution in [0.5, 0.6) is 0 Å². The Morgan fingerprint density at radius 2 is 2.12 bits per heavy atom. The molecular weight excluding hydrogens is 412 g/mol. The first-order valence-electron chi connectivity index (χ1n) is 11.5. The molecule has 176 valence electrons. The summed E-state index contributed by atoms with van der Waals surface area (Å²) in [6.45, 7) is 7.06. The van der Waals surface area contributed by atoms with Gasteiger partial charge in [-0.3, -0.25) is 10.2 Å². The lowest BCUT2D eigenvalue weighted by Gasteiger charge is -2.53. The number of aryl methyl sites for hydroxylation is 1. The van der Waals surface area contributed by atoms with E-state index in [1.54, 1.807) is 20.0 Å². The molecule has 9 heteroatoms. The number of piperidine rings is 2. The van der Waals surface area contributed by atoms with E-state index in [4.69, 9.17) is 4.74 Å². The molecule has 1 aromatic heterocycles. The maximum atomic E-state index is 12.5. The highest BCUT2D eigenvalue weighted by molar-refractivity contribution is 5.72. The zero-order valence-corrected chi connectivity index (χ0v) is 19.1. The molecule has 4 heterocycles. The number of hydrogen-bond donors (Lipinski definition) is 3. The summed E-state index contributed by atoms with van der Waals surface area (Å²) < 4.78 is 5.26. The number of alkyl carbamates (subject to hydrolysis) is 1. The van der Waals surface area contributed by atoms with Gasteiger partial charge in [0.1, 0.15) is 11.5 Å². The Bertz CT molecular complexity index is 880. The van der Waals surface area contributed by atoms with Crippen LogP contribution in [0.4, 0.5) is 15.4 Å². The third kappa shape index (κ3) is 4.10. The lowest BCUT2D eigenvalue weighted by Crippen LogP contribution is -2.69. The van der Waals surface area contributed by atoms with Crippen molar-refractivity contribution >= 4 is 18.0 Å². The Kier molecular flexibility index (Phi) is 5.96. The Balaban J connectivity index is 1.59. The summed E-state index contributed by atoms with van der Waals surface area (Å²) >= 11 is 0. The average molecular weight is 447 g/mol. The van der Waals surface area contributed by atoms with Crippen LogP contribution in [0.3, 0.4) is 0 Å². The standard InChI is InChI=1S/C23H34N4O5/c1-15(2)32-20(28)25-23-9-8-18(27(23)21(29)30)12-22(31,14-23)17-7-5-11-26(13-17)19-16(3)6-4-10-24-19/h4,6,10,15,17-18,31H,5,7-9,11-14H2,1-3H3,(H,25,28)(H,29,30). The van der Waals surface area contributed by atoms with Crippen molar-refractivity contribution < 1.29 is 24.5 Å². The van der Waals surface area contributed by atoms with Crippen LogP contribution in [-0.2, 0) is 4.74 Å². The van der Waals surface area contributed by atoms with E-state index in [0.717, 1.165) is 30.8 Å². The van der Waals surface area contributed by atoms with Crippen molar-refractivity contribution in [2.45, 2.75) is 82.7 Å². The summed E-state index contributed by atoms with van der Waals surface area (Å²) in [5.74, 6) is 0.886. The lowest BCUT2D eigenvalue weighted by molar-refractivity contribution is -0.120. The molecule has 2 bridgehead atoms. The quantitative estimate of drug-likeness (QED) is 0.651. The molecule has 0 aliphatic carbocycles. The van der Waals surface area contributed by atoms with E-state index >= 15 is 0 Å². The molecule has 1 aromatic rings. The van der Waals surface area contributed by atoms with E-state index in [0.29, 0.717) is 25.8 Å². The number of carbonyl (C=O) groups is 2. The van der Waals surface area contributed by atoms with Crippen LogP contribution in [0.2, 0.25) is 0 Å². The number of carbonyl (C=O) groups excluding carboxylic acids is 1. The van der Waals surface area contributed by atoms with Crippen LogP contribution in [0.15, 0.2) is 18.3 Å². The summed E-state index contributed by atoms with van der Waals surface area (Å²) in [7, 11) is 0. The first kappa shape index (κ1) is 22.6. The topological polar surface area (TPSA) is 115 Å². The summed E-state index contributed by atoms with van der Waals surface area (Å²) in [5.41, 5.74) is -1.14. The van der Waals surface area contributed by atoms with Crippen LogP contribution in [0, 0.1) is 12.8 Å². The lowest BCUT2D eigenvalue weighted by atomic mass is 9.71. The number of aromatic nitrogens is 1. The van der Waals surface area contributed by atoms with Gasteiger partial charge in [0.05, 0.1) is 11.7 Å². The van der Waals surface area contributed by atoms with Crippen LogP contribution < -0.4 is 10.2 Å². The van der Waals surface area contributed by atoms with E-state index in [1.807, 2.05) is 19.1 Å². The first-order chi connectivity index (χ1) is 15.1. The summed E-state index contributed by atoms with van der Waals surface area (Å²) in [6, 6.07) is 3.61. The molecule has 4 unspecified atom stereocenters. The number of anilines is 1. The third-order valence-electron chi connectivity index (χ3n) is 7.25. The molecule has 4 rings (SSSR count). The van der Waals surface area contributed by atoms with Crippen molar-refractivity contribution in [1.29, 1.82) is 0 Å². The predicted octanol–water partition coefficient (Wildman–Crippen LogP) is 3.10. The summed E-state index contributed by atoms with van der Waals surface area (Å²) in [4.78, 5) is 32.7. The average Bonchev–Trinajstić information content (AvgIpc) is 2.96. The number of amides is 2. The molecule has 9 nitrogen and oxygen atoms in total. The molecule has 32 heavy (non-hydrogen) atoms. The van der Waals surface area contributed by atoms with Crippen molar-refractivity contribution in [3.05, 3.63) is 23.9 Å². The normalized spacial score (nSPS) is 32.2. The molecule has 2 amide bonds. The van der Waals surface area contributed by atoms with Gasteiger partial charge in [0.25, 0.3) is 0 Å². The SMILES string of the molecule is Cc1cccnc1N1CCCC(C2(O)CC3CCC(NC(=O)OC(C)C)(C2)N3C(=O)O)C1. The van der Waals surface area contributed by atoms with E-state index in [-0.39, 0.29) is 24.5 Å². The molecule has 3 saturated heterocycles. The highest BCUT2D eigenvalue weighted by Crippen LogP contribution is 2.50. The fraction of sp³-hybridized carbons (Fsp3) is 0.696. The van der Waals surface area contributed by atoms with E-state index in [1.165, 1.54) is 4.90 Å². The van der Waals surface area contributed by atoms with Crippen molar-refractivity contribution in [1.82, 2.24) is 15.2 Å². The van der Waals surface area contributed by atoms with E-state index in [9.17, 15) is 19.8 Å². The number of nitrogens with one attached hydrogen (secondary N) is 1. The van der Waals surface area contributed by atoms with Gasteiger partial charge in [-0.2, -0.15) is 0 Å². The number of fused-ring (bicyclic) bond motifs is 2. The maximum absolute atomic E-state index is 12.5. The number of hydrogen-bond acceptors (Lipinski definition) is 6. The highest BCUT2D eigenvalue weighted by Gasteiger charge is 2.61. The molecular formula is C23H34N4O5. The molecule has 3 N–H and O–H groups in total. The Hall–Kier alpha value is -2.55. The molecule has 3 aliphatic heterocycles. The molecule has 0 spiro atoms. The second kappa shape index (κ2) is 8.42. The molecule has 0 aromatic carbocycles. The van der Waals surface area contributed by atoms with Gasteiger partial charge in [0.2, 0.25) is 0 Å². The monoisotopic (exact) mass is 446 g/mol. The van der Waals surface area contributed by atoms with Gasteiger partial charge in [-0.1, -0.05) is 6.07 Å². The minimum Gasteiger partial charge on any atom is -0.465 e. The van der Waals surface area contributed by atoms with Gasteiger partial charge in [0, 0.05) is 37.7 Å². The molecule has 0 saturated carbocycles. The smallest absolute Gasteiger partial charge is 0.409 e. The number of rotatable bonds is 4. The summed E-state index contributed by atoms with van der Waals surface area (Å²) in [6.07, 6.45) is 3.12. The van der Waals surface area contributed by atoms with Crippen LogP contribution in [-0.4, -0.2) is 68.8 Å². The van der Waals surface area contributed by atoms with E-state index < -0.39 is 23.5 Å². The van der Waals surface area contributed by atoms with Crippen molar-refractivity contribution in [3.63, 3.8) is 0 Å². The number of ether oxygens (including phenoxy) is 1. The molecule has 4 atom stereocenters. The van der Waals surface area contributed by atoms with Crippen LogP contribution in [0.1, 0.15) is 57.9 Å². The molecule has 3 fully saturated rings. The fourth-order valence-electron chi connectivity index (χ4n) is 6.03. The second-order valence-corrected chi connectivity index (χ2v) is 9.87. The van der Waals surface area contributed by atoms with Crippen molar-refractivity contribution in [2.75, 3.05) is 18.0 Å². The Morgan fingerprint density at radius 1 is 1.34 bits per heavy atom. The maximum Gasteiger partial charge on any atom is 0.409 e. The largest absolute Gasteiger partial charge is 0.465 e. The molecule has 0 radical (unpaired) electrons. The van der Waals surface area contributed by atoms with Gasteiger partial charge in [0.15, 0.2) is 0 Å². The van der Waals surface area contributed by atoms with Crippen LogP contribution in [0.25, 0.3) is 0 Å². The minimum atomic E-state index is -1.15. The highest BCUT2D eigenvalue weighted by atomic mass is 16.6. The van der Waals surface area contributed by atoms with Crippen molar-refractivity contribution in [3.8, 4) is 0 Å². The number of nitrogens with zero attached hydrogens (tertiary/aromatic N) is 3. The molecule has 3 aliphatic rings. The number of pyridine rings is 1. The van der Waals surface area contributed by atoms with Crippen molar-refractivity contribution in [2.24, 2.45) is 5.92 Å². The zero-order chi connectivity index (χ0) is 23.1. The number of aliphatic hydroxyl groups is 1. The van der Waals surface area contributed by atoms with Gasteiger partial charge in [-0.25, -0.2) is 14.6 Å². The summed E-state index contributed by atoms with van der Waals surface area (Å²) in [5, 5.41) is 24.7. The van der Waals surface area contributed by atoms with Gasteiger partial charge >= 0.3 is 12.2 Å². The Morgan fingerprint density at radius 3 is 2.81 bits per heavy atom.